The van der Waals surface area contributed by atoms with Crippen molar-refractivity contribution in [2.45, 2.75) is 39.5 Å². The first kappa shape index (κ1) is 14.9. The summed E-state index contributed by atoms with van der Waals surface area (Å²) in [4.78, 5) is 9.76. The van der Waals surface area contributed by atoms with Crippen molar-refractivity contribution in [3.05, 3.63) is 60.2 Å². The number of benzene rings is 2. The van der Waals surface area contributed by atoms with Crippen molar-refractivity contribution in [3.8, 4) is 0 Å². The van der Waals surface area contributed by atoms with Gasteiger partial charge in [0, 0.05) is 12.8 Å². The summed E-state index contributed by atoms with van der Waals surface area (Å²) in [6.07, 6.45) is 4.04. The molecule has 4 heteroatoms. The van der Waals surface area contributed by atoms with Crippen LogP contribution in [0.1, 0.15) is 38.3 Å². The molecular weight excluding hydrogens is 296 g/mol. The number of fused-ring (bicyclic) bond motifs is 2. The van der Waals surface area contributed by atoms with Gasteiger partial charge in [-0.05, 0) is 37.1 Å². The summed E-state index contributed by atoms with van der Waals surface area (Å²) < 4.78 is 4.53. The summed E-state index contributed by atoms with van der Waals surface area (Å²) in [5, 5.41) is 0. The molecule has 122 valence electrons. The SMILES string of the molecule is CCCc1nc2ccccc2n1-n1c(CCC)nc2ccccc21. The molecule has 0 N–H and O–H groups in total. The molecule has 0 radical (unpaired) electrons. The lowest BCUT2D eigenvalue weighted by molar-refractivity contribution is 0.602. The molecule has 0 spiro atoms. The lowest BCUT2D eigenvalue weighted by atomic mass is 10.3. The van der Waals surface area contributed by atoms with E-state index in [4.69, 9.17) is 9.97 Å². The molecule has 0 saturated heterocycles. The first-order valence-electron chi connectivity index (χ1n) is 8.76. The highest BCUT2D eigenvalue weighted by molar-refractivity contribution is 5.79. The number of hydrogen-bond donors (Lipinski definition) is 0. The fraction of sp³-hybridized carbons (Fsp3) is 0.300. The summed E-state index contributed by atoms with van der Waals surface area (Å²) in [5.41, 5.74) is 4.37. The summed E-state index contributed by atoms with van der Waals surface area (Å²) in [6, 6.07) is 16.7. The lowest BCUT2D eigenvalue weighted by Gasteiger charge is -2.14. The summed E-state index contributed by atoms with van der Waals surface area (Å²) in [6.45, 7) is 4.39. The van der Waals surface area contributed by atoms with Crippen LogP contribution in [-0.4, -0.2) is 19.3 Å². The maximum atomic E-state index is 4.88. The van der Waals surface area contributed by atoms with E-state index in [1.54, 1.807) is 0 Å². The fourth-order valence-corrected chi connectivity index (χ4v) is 3.34. The Morgan fingerprint density at radius 3 is 1.50 bits per heavy atom. The molecule has 0 aliphatic heterocycles. The molecule has 0 unspecified atom stereocenters. The molecular formula is C20H22N4. The smallest absolute Gasteiger partial charge is 0.129 e. The van der Waals surface area contributed by atoms with Gasteiger partial charge in [-0.2, -0.15) is 0 Å². The number of para-hydroxylation sites is 4. The zero-order chi connectivity index (χ0) is 16.5. The van der Waals surface area contributed by atoms with Crippen molar-refractivity contribution in [1.82, 2.24) is 19.3 Å². The van der Waals surface area contributed by atoms with Gasteiger partial charge in [0.15, 0.2) is 0 Å². The molecule has 0 saturated carbocycles. The van der Waals surface area contributed by atoms with Crippen LogP contribution in [0.15, 0.2) is 48.5 Å². The van der Waals surface area contributed by atoms with Crippen LogP contribution < -0.4 is 0 Å². The van der Waals surface area contributed by atoms with E-state index < -0.39 is 0 Å². The van der Waals surface area contributed by atoms with E-state index in [9.17, 15) is 0 Å². The lowest BCUT2D eigenvalue weighted by Crippen LogP contribution is -2.16. The van der Waals surface area contributed by atoms with Crippen molar-refractivity contribution in [3.63, 3.8) is 0 Å². The van der Waals surface area contributed by atoms with E-state index in [0.717, 1.165) is 59.4 Å². The maximum absolute atomic E-state index is 4.88. The van der Waals surface area contributed by atoms with Crippen LogP contribution in [0.5, 0.6) is 0 Å². The molecule has 2 heterocycles. The Balaban J connectivity index is 2.08. The van der Waals surface area contributed by atoms with Crippen molar-refractivity contribution in [1.29, 1.82) is 0 Å². The molecule has 2 aromatic heterocycles. The van der Waals surface area contributed by atoms with Crippen LogP contribution in [0, 0.1) is 0 Å². The molecule has 0 fully saturated rings. The van der Waals surface area contributed by atoms with E-state index in [1.807, 2.05) is 12.1 Å². The highest BCUT2D eigenvalue weighted by Gasteiger charge is 2.17. The van der Waals surface area contributed by atoms with Gasteiger partial charge in [0.05, 0.1) is 22.1 Å². The Kier molecular flexibility index (Phi) is 3.81. The van der Waals surface area contributed by atoms with E-state index in [-0.39, 0.29) is 0 Å². The molecule has 24 heavy (non-hydrogen) atoms. The van der Waals surface area contributed by atoms with Crippen molar-refractivity contribution in [2.75, 3.05) is 0 Å². The van der Waals surface area contributed by atoms with Gasteiger partial charge in [-0.25, -0.2) is 19.3 Å². The standard InChI is InChI=1S/C20H22N4/c1-3-9-19-21-15-11-5-7-13-17(15)23(19)24-18-14-8-6-12-16(18)22-20(24)10-4-2/h5-8,11-14H,3-4,9-10H2,1-2H3. The quantitative estimate of drug-likeness (QED) is 0.539. The zero-order valence-electron chi connectivity index (χ0n) is 14.2. The number of imidazole rings is 2. The first-order valence-corrected chi connectivity index (χ1v) is 8.76. The topological polar surface area (TPSA) is 35.6 Å². The van der Waals surface area contributed by atoms with Gasteiger partial charge in [0.1, 0.15) is 11.6 Å². The van der Waals surface area contributed by atoms with Crippen LogP contribution in [0.2, 0.25) is 0 Å². The Morgan fingerprint density at radius 1 is 0.667 bits per heavy atom. The predicted molar refractivity (Wildman–Crippen MR) is 98.3 cm³/mol. The van der Waals surface area contributed by atoms with E-state index in [1.165, 1.54) is 0 Å². The monoisotopic (exact) mass is 318 g/mol. The van der Waals surface area contributed by atoms with Gasteiger partial charge in [0.2, 0.25) is 0 Å². The Morgan fingerprint density at radius 2 is 1.08 bits per heavy atom. The highest BCUT2D eigenvalue weighted by atomic mass is 15.5. The van der Waals surface area contributed by atoms with Crippen LogP contribution in [-0.2, 0) is 12.8 Å². The molecule has 0 bridgehead atoms. The first-order chi connectivity index (χ1) is 11.8. The normalized spacial score (nSPS) is 11.6. The van der Waals surface area contributed by atoms with Crippen molar-refractivity contribution in [2.24, 2.45) is 0 Å². The van der Waals surface area contributed by atoms with Crippen molar-refractivity contribution >= 4 is 22.1 Å². The largest absolute Gasteiger partial charge is 0.231 e. The second kappa shape index (κ2) is 6.11. The van der Waals surface area contributed by atoms with Gasteiger partial charge in [-0.1, -0.05) is 38.1 Å². The Hall–Kier alpha value is -2.62. The van der Waals surface area contributed by atoms with E-state index in [2.05, 4.69) is 59.6 Å². The summed E-state index contributed by atoms with van der Waals surface area (Å²) in [5.74, 6) is 2.19. The molecule has 0 atom stereocenters. The maximum Gasteiger partial charge on any atom is 0.129 e. The van der Waals surface area contributed by atoms with E-state index in [0.29, 0.717) is 0 Å². The highest BCUT2D eigenvalue weighted by Crippen LogP contribution is 2.23. The van der Waals surface area contributed by atoms with Crippen LogP contribution in [0.25, 0.3) is 22.1 Å². The van der Waals surface area contributed by atoms with Gasteiger partial charge in [-0.15, -0.1) is 0 Å². The van der Waals surface area contributed by atoms with Gasteiger partial charge in [0.25, 0.3) is 0 Å². The molecule has 4 aromatic rings. The third kappa shape index (κ3) is 2.30. The Labute approximate surface area is 141 Å². The average Bonchev–Trinajstić information content (AvgIpc) is 3.12. The van der Waals surface area contributed by atoms with Gasteiger partial charge < -0.3 is 0 Å². The summed E-state index contributed by atoms with van der Waals surface area (Å²) >= 11 is 0. The second-order valence-electron chi connectivity index (χ2n) is 6.16. The number of hydrogen-bond acceptors (Lipinski definition) is 2. The third-order valence-corrected chi connectivity index (χ3v) is 4.36. The van der Waals surface area contributed by atoms with Crippen LogP contribution in [0.4, 0.5) is 0 Å². The van der Waals surface area contributed by atoms with Crippen LogP contribution in [0.3, 0.4) is 0 Å². The minimum atomic E-state index is 0.951. The minimum absolute atomic E-state index is 0.951. The summed E-state index contributed by atoms with van der Waals surface area (Å²) in [7, 11) is 0. The Bertz CT molecular complexity index is 911. The number of aromatic nitrogens is 4. The molecule has 0 amide bonds. The molecule has 0 aliphatic rings. The average molecular weight is 318 g/mol. The van der Waals surface area contributed by atoms with Crippen molar-refractivity contribution < 1.29 is 0 Å². The second-order valence-corrected chi connectivity index (χ2v) is 6.16. The minimum Gasteiger partial charge on any atom is -0.231 e. The van der Waals surface area contributed by atoms with Crippen LogP contribution >= 0.6 is 0 Å². The third-order valence-electron chi connectivity index (χ3n) is 4.36. The number of rotatable bonds is 5. The molecule has 4 rings (SSSR count). The molecule has 4 nitrogen and oxygen atoms in total. The molecule has 2 aromatic carbocycles. The number of aryl methyl sites for hydroxylation is 2. The molecule has 0 aliphatic carbocycles. The number of nitrogens with zero attached hydrogens (tertiary/aromatic N) is 4. The van der Waals surface area contributed by atoms with Gasteiger partial charge in [-0.3, -0.25) is 0 Å². The van der Waals surface area contributed by atoms with Gasteiger partial charge >= 0.3 is 0 Å². The fourth-order valence-electron chi connectivity index (χ4n) is 3.34. The van der Waals surface area contributed by atoms with E-state index >= 15 is 0 Å². The zero-order valence-corrected chi connectivity index (χ0v) is 14.2. The predicted octanol–water partition coefficient (Wildman–Crippen LogP) is 4.60.